The number of hydrogen-bond acceptors (Lipinski definition) is 4. The van der Waals surface area contributed by atoms with Gasteiger partial charge in [0.2, 0.25) is 0 Å². The molecule has 2 rings (SSSR count). The molecule has 1 aromatic carbocycles. The van der Waals surface area contributed by atoms with Gasteiger partial charge in [-0.25, -0.2) is 0 Å². The lowest BCUT2D eigenvalue weighted by molar-refractivity contribution is 0.0420. The van der Waals surface area contributed by atoms with Crippen LogP contribution in [-0.4, -0.2) is 70.5 Å². The van der Waals surface area contributed by atoms with Crippen molar-refractivity contribution in [2.24, 2.45) is 4.99 Å². The molecule has 2 N–H and O–H groups in total. The number of benzene rings is 1. The van der Waals surface area contributed by atoms with Gasteiger partial charge in [0.1, 0.15) is 0 Å². The molecule has 0 saturated carbocycles. The summed E-state index contributed by atoms with van der Waals surface area (Å²) in [5.41, 5.74) is 1.28. The van der Waals surface area contributed by atoms with E-state index >= 15 is 0 Å². The topological polar surface area (TPSA) is 58.1 Å². The zero-order chi connectivity index (χ0) is 18.6. The predicted molar refractivity (Wildman–Crippen MR) is 107 cm³/mol. The van der Waals surface area contributed by atoms with E-state index in [-0.39, 0.29) is 12.1 Å². The van der Waals surface area contributed by atoms with Crippen LogP contribution in [-0.2, 0) is 9.47 Å². The van der Waals surface area contributed by atoms with Gasteiger partial charge in [0.15, 0.2) is 5.96 Å². The number of likely N-dealkylation sites (N-methyl/N-ethyl adjacent to an activating group) is 1. The van der Waals surface area contributed by atoms with E-state index in [1.165, 1.54) is 5.56 Å². The lowest BCUT2D eigenvalue weighted by Gasteiger charge is -2.23. The molecule has 0 aromatic heterocycles. The Morgan fingerprint density at radius 1 is 1.31 bits per heavy atom. The number of rotatable bonds is 10. The summed E-state index contributed by atoms with van der Waals surface area (Å²) in [7, 11) is 4.19. The molecule has 1 aliphatic rings. The smallest absolute Gasteiger partial charge is 0.191 e. The van der Waals surface area contributed by atoms with Crippen LogP contribution in [0, 0.1) is 0 Å². The average molecular weight is 363 g/mol. The zero-order valence-corrected chi connectivity index (χ0v) is 16.4. The van der Waals surface area contributed by atoms with Crippen LogP contribution in [0.15, 0.2) is 35.3 Å². The van der Waals surface area contributed by atoms with Gasteiger partial charge in [0, 0.05) is 26.3 Å². The summed E-state index contributed by atoms with van der Waals surface area (Å²) in [5.74, 6) is 0.861. The Morgan fingerprint density at radius 3 is 2.77 bits per heavy atom. The van der Waals surface area contributed by atoms with Crippen molar-refractivity contribution >= 4 is 5.96 Å². The number of guanidine groups is 1. The molecule has 1 fully saturated rings. The summed E-state index contributed by atoms with van der Waals surface area (Å²) in [6, 6.07) is 10.8. The van der Waals surface area contributed by atoms with E-state index in [9.17, 15) is 0 Å². The van der Waals surface area contributed by atoms with Crippen LogP contribution in [0.4, 0.5) is 0 Å². The van der Waals surface area contributed by atoms with E-state index in [0.717, 1.165) is 51.7 Å². The highest BCUT2D eigenvalue weighted by molar-refractivity contribution is 5.79. The fraction of sp³-hybridized carbons (Fsp3) is 0.650. The first-order valence-corrected chi connectivity index (χ1v) is 9.63. The molecule has 1 aromatic rings. The fourth-order valence-corrected chi connectivity index (χ4v) is 2.93. The second-order valence-corrected chi connectivity index (χ2v) is 6.75. The minimum absolute atomic E-state index is 0.261. The SMILES string of the molecule is CCNC(=NCC(c1ccccc1)N(C)C)NCCCOC1CCOC1. The van der Waals surface area contributed by atoms with Gasteiger partial charge in [-0.2, -0.15) is 0 Å². The number of ether oxygens (including phenoxy) is 2. The van der Waals surface area contributed by atoms with Crippen LogP contribution in [0.25, 0.3) is 0 Å². The molecule has 146 valence electrons. The zero-order valence-electron chi connectivity index (χ0n) is 16.4. The van der Waals surface area contributed by atoms with Crippen LogP contribution in [0.5, 0.6) is 0 Å². The third-order valence-corrected chi connectivity index (χ3v) is 4.43. The highest BCUT2D eigenvalue weighted by atomic mass is 16.5. The third kappa shape index (κ3) is 7.32. The largest absolute Gasteiger partial charge is 0.379 e. The molecule has 2 unspecified atom stereocenters. The van der Waals surface area contributed by atoms with Crippen molar-refractivity contribution < 1.29 is 9.47 Å². The molecular weight excluding hydrogens is 328 g/mol. The van der Waals surface area contributed by atoms with Gasteiger partial charge in [-0.15, -0.1) is 0 Å². The Bertz CT molecular complexity index is 516. The van der Waals surface area contributed by atoms with E-state index < -0.39 is 0 Å². The molecule has 6 nitrogen and oxygen atoms in total. The number of aliphatic imine (C=N–C) groups is 1. The minimum atomic E-state index is 0.261. The Balaban J connectivity index is 1.78. The summed E-state index contributed by atoms with van der Waals surface area (Å²) in [6.45, 7) is 6.81. The highest BCUT2D eigenvalue weighted by Crippen LogP contribution is 2.17. The van der Waals surface area contributed by atoms with Crippen molar-refractivity contribution in [1.82, 2.24) is 15.5 Å². The molecule has 0 amide bonds. The predicted octanol–water partition coefficient (Wildman–Crippen LogP) is 2.04. The summed E-state index contributed by atoms with van der Waals surface area (Å²) >= 11 is 0. The average Bonchev–Trinajstić information content (AvgIpc) is 3.15. The van der Waals surface area contributed by atoms with E-state index in [1.54, 1.807) is 0 Å². The second kappa shape index (κ2) is 11.9. The van der Waals surface area contributed by atoms with Crippen molar-refractivity contribution in [2.45, 2.75) is 31.9 Å². The Labute approximate surface area is 158 Å². The maximum Gasteiger partial charge on any atom is 0.191 e. The lowest BCUT2D eigenvalue weighted by Crippen LogP contribution is -2.39. The molecule has 2 atom stereocenters. The number of nitrogens with one attached hydrogen (secondary N) is 2. The summed E-state index contributed by atoms with van der Waals surface area (Å²) in [5, 5.41) is 6.72. The molecule has 0 aliphatic carbocycles. The lowest BCUT2D eigenvalue weighted by atomic mass is 10.1. The maximum absolute atomic E-state index is 5.80. The molecule has 0 radical (unpaired) electrons. The minimum Gasteiger partial charge on any atom is -0.379 e. The van der Waals surface area contributed by atoms with Gasteiger partial charge in [0.05, 0.1) is 25.3 Å². The Morgan fingerprint density at radius 2 is 2.12 bits per heavy atom. The molecule has 26 heavy (non-hydrogen) atoms. The first-order chi connectivity index (χ1) is 12.7. The van der Waals surface area contributed by atoms with Crippen LogP contribution in [0.2, 0.25) is 0 Å². The van der Waals surface area contributed by atoms with Gasteiger partial charge in [-0.05, 0) is 39.4 Å². The standard InChI is InChI=1S/C20H34N4O2/c1-4-21-20(22-12-8-13-26-18-11-14-25-16-18)23-15-19(24(2)3)17-9-6-5-7-10-17/h5-7,9-10,18-19H,4,8,11-16H2,1-3H3,(H2,21,22,23). The van der Waals surface area contributed by atoms with Gasteiger partial charge < -0.3 is 25.0 Å². The normalized spacial score (nSPS) is 18.9. The van der Waals surface area contributed by atoms with E-state index in [0.29, 0.717) is 6.54 Å². The molecule has 0 spiro atoms. The first-order valence-electron chi connectivity index (χ1n) is 9.63. The van der Waals surface area contributed by atoms with Gasteiger partial charge >= 0.3 is 0 Å². The molecule has 1 aliphatic heterocycles. The van der Waals surface area contributed by atoms with Crippen molar-refractivity contribution in [1.29, 1.82) is 0 Å². The van der Waals surface area contributed by atoms with Crippen LogP contribution >= 0.6 is 0 Å². The first kappa shape index (κ1) is 20.7. The van der Waals surface area contributed by atoms with E-state index in [2.05, 4.69) is 60.8 Å². The quantitative estimate of drug-likeness (QED) is 0.379. The summed E-state index contributed by atoms with van der Waals surface area (Å²) in [4.78, 5) is 6.99. The van der Waals surface area contributed by atoms with Crippen molar-refractivity contribution in [3.8, 4) is 0 Å². The number of hydrogen-bond donors (Lipinski definition) is 2. The monoisotopic (exact) mass is 362 g/mol. The van der Waals surface area contributed by atoms with Crippen molar-refractivity contribution in [3.05, 3.63) is 35.9 Å². The van der Waals surface area contributed by atoms with Crippen molar-refractivity contribution in [3.63, 3.8) is 0 Å². The molecule has 0 bridgehead atoms. The Hall–Kier alpha value is -1.63. The highest BCUT2D eigenvalue weighted by Gasteiger charge is 2.15. The second-order valence-electron chi connectivity index (χ2n) is 6.75. The van der Waals surface area contributed by atoms with E-state index in [4.69, 9.17) is 14.5 Å². The molecule has 1 saturated heterocycles. The van der Waals surface area contributed by atoms with Gasteiger partial charge in [-0.3, -0.25) is 4.99 Å². The molecule has 1 heterocycles. The van der Waals surface area contributed by atoms with Crippen LogP contribution < -0.4 is 10.6 Å². The van der Waals surface area contributed by atoms with Crippen molar-refractivity contribution in [2.75, 3.05) is 53.6 Å². The van der Waals surface area contributed by atoms with Gasteiger partial charge in [0.25, 0.3) is 0 Å². The molecular formula is C20H34N4O2. The maximum atomic E-state index is 5.80. The number of nitrogens with zero attached hydrogens (tertiary/aromatic N) is 2. The fourth-order valence-electron chi connectivity index (χ4n) is 2.93. The molecule has 6 heteroatoms. The van der Waals surface area contributed by atoms with Crippen LogP contribution in [0.1, 0.15) is 31.4 Å². The van der Waals surface area contributed by atoms with E-state index in [1.807, 2.05) is 6.07 Å². The van der Waals surface area contributed by atoms with Crippen LogP contribution in [0.3, 0.4) is 0 Å². The summed E-state index contributed by atoms with van der Waals surface area (Å²) < 4.78 is 11.1. The summed E-state index contributed by atoms with van der Waals surface area (Å²) in [6.07, 6.45) is 2.25. The third-order valence-electron chi connectivity index (χ3n) is 4.43. The van der Waals surface area contributed by atoms with Gasteiger partial charge in [-0.1, -0.05) is 30.3 Å². The Kier molecular flexibility index (Phi) is 9.45.